The predicted octanol–water partition coefficient (Wildman–Crippen LogP) is 8.53. The number of carbonyl (C=O) groups excluding carboxylic acids is 1. The number of fused-ring (bicyclic) bond motifs is 2. The van der Waals surface area contributed by atoms with Crippen molar-refractivity contribution in [1.82, 2.24) is 4.57 Å². The Kier molecular flexibility index (Phi) is 11.5. The summed E-state index contributed by atoms with van der Waals surface area (Å²) in [5.74, 6) is -0.976. The highest BCUT2D eigenvalue weighted by Gasteiger charge is 2.43. The maximum absolute atomic E-state index is 15.6. The first kappa shape index (κ1) is 36.9. The Bertz CT molecular complexity index is 1970. The molecule has 4 aromatic carbocycles. The number of hydrogen-bond donors (Lipinski definition) is 2. The van der Waals surface area contributed by atoms with E-state index >= 15 is 4.39 Å². The number of nitrogens with one attached hydrogen (secondary N) is 1. The monoisotopic (exact) mass is 716 g/mol. The number of aryl methyl sites for hydroxylation is 1. The van der Waals surface area contributed by atoms with Gasteiger partial charge in [-0.1, -0.05) is 80.6 Å². The largest absolute Gasteiger partial charge is 0.586 e. The fourth-order valence-electron chi connectivity index (χ4n) is 6.34. The number of amides is 1. The molecule has 0 radical (unpaired) electrons. The van der Waals surface area contributed by atoms with Crippen molar-refractivity contribution in [3.8, 4) is 11.5 Å². The van der Waals surface area contributed by atoms with E-state index < -0.39 is 23.6 Å². The summed E-state index contributed by atoms with van der Waals surface area (Å²) in [6, 6.07) is 29.2. The van der Waals surface area contributed by atoms with Crippen molar-refractivity contribution >= 4 is 22.5 Å². The minimum Gasteiger partial charge on any atom is -0.395 e. The van der Waals surface area contributed by atoms with Crippen LogP contribution in [-0.4, -0.2) is 41.2 Å². The molecule has 2 heterocycles. The second-order valence-corrected chi connectivity index (χ2v) is 13.8. The van der Waals surface area contributed by atoms with Crippen LogP contribution in [0.3, 0.4) is 0 Å². The van der Waals surface area contributed by atoms with Crippen LogP contribution >= 0.6 is 0 Å². The Hall–Kier alpha value is -4.84. The van der Waals surface area contributed by atoms with Crippen molar-refractivity contribution in [3.05, 3.63) is 125 Å². The van der Waals surface area contributed by atoms with E-state index in [0.717, 1.165) is 22.4 Å². The first-order valence-electron chi connectivity index (χ1n) is 17.4. The molecule has 0 saturated heterocycles. The fraction of sp³-hybridized carbons (Fsp3) is 0.341. The number of alkyl halides is 2. The fourth-order valence-corrected chi connectivity index (χ4v) is 6.34. The number of hydrogen-bond acceptors (Lipinski definition) is 6. The Morgan fingerprint density at radius 2 is 1.54 bits per heavy atom. The molecule has 1 aliphatic rings. The minimum absolute atomic E-state index is 0.0152. The van der Waals surface area contributed by atoms with Gasteiger partial charge in [0, 0.05) is 29.0 Å². The molecule has 52 heavy (non-hydrogen) atoms. The molecule has 0 saturated carbocycles. The normalized spacial score (nSPS) is 14.1. The van der Waals surface area contributed by atoms with Crippen LogP contribution in [0.4, 0.5) is 18.9 Å². The van der Waals surface area contributed by atoms with Gasteiger partial charge in [-0.25, -0.2) is 4.39 Å². The van der Waals surface area contributed by atoms with E-state index in [2.05, 4.69) is 14.8 Å². The molecule has 8 nitrogen and oxygen atoms in total. The van der Waals surface area contributed by atoms with Gasteiger partial charge in [0.25, 0.3) is 0 Å². The highest BCUT2D eigenvalue weighted by atomic mass is 19.3. The molecule has 0 unspecified atom stereocenters. The number of unbranched alkanes of at least 4 members (excludes halogenated alkanes) is 1. The third-order valence-electron chi connectivity index (χ3n) is 8.93. The summed E-state index contributed by atoms with van der Waals surface area (Å²) in [6.07, 6.45) is -2.75. The van der Waals surface area contributed by atoms with Gasteiger partial charge in [-0.15, -0.1) is 8.78 Å². The van der Waals surface area contributed by atoms with Crippen molar-refractivity contribution in [3.63, 3.8) is 0 Å². The molecule has 0 fully saturated rings. The van der Waals surface area contributed by atoms with E-state index in [1.165, 1.54) is 18.2 Å². The van der Waals surface area contributed by atoms with E-state index in [9.17, 15) is 18.7 Å². The molecular weight excluding hydrogens is 673 g/mol. The van der Waals surface area contributed by atoms with Crippen molar-refractivity contribution in [2.45, 2.75) is 77.1 Å². The lowest BCUT2D eigenvalue weighted by Crippen LogP contribution is -2.30. The number of aliphatic hydroxyl groups is 1. The van der Waals surface area contributed by atoms with Gasteiger partial charge >= 0.3 is 6.29 Å². The van der Waals surface area contributed by atoms with Crippen LogP contribution in [-0.2, 0) is 45.9 Å². The Labute approximate surface area is 301 Å². The quantitative estimate of drug-likeness (QED) is 0.0939. The smallest absolute Gasteiger partial charge is 0.395 e. The topological polar surface area (TPSA) is 91.2 Å². The average Bonchev–Trinajstić information content (AvgIpc) is 3.62. The lowest BCUT2D eigenvalue weighted by Gasteiger charge is -2.28. The zero-order valence-corrected chi connectivity index (χ0v) is 29.2. The van der Waals surface area contributed by atoms with Crippen molar-refractivity contribution < 1.29 is 42.0 Å². The summed E-state index contributed by atoms with van der Waals surface area (Å²) in [7, 11) is 0. The molecule has 0 aliphatic carbocycles. The maximum Gasteiger partial charge on any atom is 0.586 e. The maximum atomic E-state index is 15.6. The van der Waals surface area contributed by atoms with Gasteiger partial charge in [-0.3, -0.25) is 4.79 Å². The molecule has 1 aliphatic heterocycles. The van der Waals surface area contributed by atoms with Crippen LogP contribution in [0.25, 0.3) is 10.9 Å². The van der Waals surface area contributed by atoms with Gasteiger partial charge in [0.2, 0.25) is 5.91 Å². The van der Waals surface area contributed by atoms with Gasteiger partial charge in [0.05, 0.1) is 50.3 Å². The van der Waals surface area contributed by atoms with Gasteiger partial charge < -0.3 is 33.9 Å². The number of rotatable bonds is 17. The zero-order chi connectivity index (χ0) is 36.7. The zero-order valence-electron chi connectivity index (χ0n) is 29.2. The number of carbonyl (C=O) groups is 1. The highest BCUT2D eigenvalue weighted by Crippen LogP contribution is 2.41. The van der Waals surface area contributed by atoms with E-state index in [0.29, 0.717) is 50.0 Å². The lowest BCUT2D eigenvalue weighted by atomic mass is 9.90. The van der Waals surface area contributed by atoms with Crippen LogP contribution in [0.15, 0.2) is 97.1 Å². The van der Waals surface area contributed by atoms with Gasteiger partial charge in [-0.05, 0) is 60.2 Å². The first-order chi connectivity index (χ1) is 25.0. The van der Waals surface area contributed by atoms with Gasteiger partial charge in [0.1, 0.15) is 5.82 Å². The molecule has 6 rings (SSSR count). The molecule has 0 bridgehead atoms. The summed E-state index contributed by atoms with van der Waals surface area (Å²) in [4.78, 5) is 12.9. The molecule has 0 spiro atoms. The predicted molar refractivity (Wildman–Crippen MR) is 192 cm³/mol. The highest BCUT2D eigenvalue weighted by molar-refractivity contribution is 5.94. The van der Waals surface area contributed by atoms with E-state index in [1.807, 2.05) is 85.1 Å². The van der Waals surface area contributed by atoms with E-state index in [1.54, 1.807) is 12.1 Å². The molecular formula is C41H43F3N2O6. The van der Waals surface area contributed by atoms with Crippen molar-refractivity contribution in [1.29, 1.82) is 0 Å². The number of nitrogens with zero attached hydrogens (tertiary/aromatic N) is 1. The number of aromatic nitrogens is 1. The Morgan fingerprint density at radius 1 is 0.865 bits per heavy atom. The average molecular weight is 717 g/mol. The van der Waals surface area contributed by atoms with E-state index in [4.69, 9.17) is 9.47 Å². The molecule has 1 aromatic heterocycles. The summed E-state index contributed by atoms with van der Waals surface area (Å²) in [6.45, 7) is 5.47. The molecule has 5 aromatic rings. The van der Waals surface area contributed by atoms with Crippen LogP contribution in [0, 0.1) is 5.82 Å². The van der Waals surface area contributed by atoms with E-state index in [-0.39, 0.29) is 42.7 Å². The lowest BCUT2D eigenvalue weighted by molar-refractivity contribution is -0.286. The molecule has 1 atom stereocenters. The van der Waals surface area contributed by atoms with Crippen molar-refractivity contribution in [2.24, 2.45) is 0 Å². The first-order valence-corrected chi connectivity index (χ1v) is 17.4. The number of ether oxygens (including phenoxy) is 4. The Morgan fingerprint density at radius 3 is 2.25 bits per heavy atom. The van der Waals surface area contributed by atoms with Gasteiger partial charge in [0.15, 0.2) is 11.5 Å². The summed E-state index contributed by atoms with van der Waals surface area (Å²) in [5.41, 5.74) is 3.76. The second-order valence-electron chi connectivity index (χ2n) is 13.8. The van der Waals surface area contributed by atoms with Crippen molar-refractivity contribution in [2.75, 3.05) is 18.5 Å². The van der Waals surface area contributed by atoms with Crippen LogP contribution < -0.4 is 14.8 Å². The van der Waals surface area contributed by atoms with Gasteiger partial charge in [-0.2, -0.15) is 0 Å². The summed E-state index contributed by atoms with van der Waals surface area (Å²) >= 11 is 0. The minimum atomic E-state index is -3.67. The van der Waals surface area contributed by atoms with Crippen LogP contribution in [0.2, 0.25) is 0 Å². The van der Waals surface area contributed by atoms with Crippen LogP contribution in [0.5, 0.6) is 11.5 Å². The summed E-state index contributed by atoms with van der Waals surface area (Å²) in [5, 5.41) is 14.5. The second kappa shape index (κ2) is 16.2. The SMILES string of the molecule is CC(C)(COCc1ccccc1)c1cc2cc(NC(=O)CCCCc3ccc4c(c3)OC(F)(F)O4)c(F)cc2n1C[C@@H](O)COCc1ccccc1. The summed E-state index contributed by atoms with van der Waals surface area (Å²) < 4.78 is 65.1. The third kappa shape index (κ3) is 9.52. The number of anilines is 1. The third-order valence-corrected chi connectivity index (χ3v) is 8.93. The number of halogens is 3. The number of aliphatic hydroxyl groups excluding tert-OH is 1. The molecule has 2 N–H and O–H groups in total. The standard InChI is InChI=1S/C41H43F3N2O6/c1-40(2,27-50-25-30-14-7-4-8-15-30)38-21-31-20-34(33(42)22-35(31)46(38)23-32(47)26-49-24-29-12-5-3-6-13-29)45-39(48)16-10-9-11-28-17-18-36-37(19-28)52-41(43,44)51-36/h3-8,12-15,17-22,32,47H,9-11,16,23-27H2,1-2H3,(H,45,48)/t32-/m1/s1. The Balaban J connectivity index is 1.12. The molecule has 274 valence electrons. The number of benzene rings is 4. The van der Waals surface area contributed by atoms with Crippen LogP contribution in [0.1, 0.15) is 55.5 Å². The molecule has 1 amide bonds. The molecule has 11 heteroatoms.